The summed E-state index contributed by atoms with van der Waals surface area (Å²) in [4.78, 5) is 35.4. The highest BCUT2D eigenvalue weighted by Gasteiger charge is 2.09. The lowest BCUT2D eigenvalue weighted by Gasteiger charge is -2.08. The Labute approximate surface area is 145 Å². The Balaban J connectivity index is 1.87. The quantitative estimate of drug-likeness (QED) is 0.740. The number of amides is 3. The number of anilines is 1. The molecule has 2 rings (SSSR count). The zero-order chi connectivity index (χ0) is 18.2. The SMILES string of the molecule is CNC(=O)c1ccc(NC(=O)CNC(=O)c2cccc(OC)c2)cc1. The molecule has 2 aromatic rings. The van der Waals surface area contributed by atoms with Gasteiger partial charge in [-0.3, -0.25) is 14.4 Å². The smallest absolute Gasteiger partial charge is 0.251 e. The zero-order valence-corrected chi connectivity index (χ0v) is 14.0. The van der Waals surface area contributed by atoms with E-state index < -0.39 is 0 Å². The highest BCUT2D eigenvalue weighted by molar-refractivity contribution is 6.00. The summed E-state index contributed by atoms with van der Waals surface area (Å²) < 4.78 is 5.06. The maximum absolute atomic E-state index is 12.0. The van der Waals surface area contributed by atoms with Crippen LogP contribution < -0.4 is 20.7 Å². The normalized spacial score (nSPS) is 9.84. The van der Waals surface area contributed by atoms with E-state index in [2.05, 4.69) is 16.0 Å². The summed E-state index contributed by atoms with van der Waals surface area (Å²) in [5.41, 5.74) is 1.43. The number of nitrogens with one attached hydrogen (secondary N) is 3. The number of hydrogen-bond acceptors (Lipinski definition) is 4. The lowest BCUT2D eigenvalue weighted by molar-refractivity contribution is -0.115. The third-order valence-corrected chi connectivity index (χ3v) is 3.40. The highest BCUT2D eigenvalue weighted by Crippen LogP contribution is 2.12. The first-order valence-corrected chi connectivity index (χ1v) is 7.57. The Morgan fingerprint density at radius 3 is 2.32 bits per heavy atom. The van der Waals surface area contributed by atoms with Crippen molar-refractivity contribution in [3.8, 4) is 5.75 Å². The van der Waals surface area contributed by atoms with E-state index in [1.807, 2.05) is 0 Å². The Morgan fingerprint density at radius 1 is 0.960 bits per heavy atom. The van der Waals surface area contributed by atoms with E-state index in [0.29, 0.717) is 22.6 Å². The van der Waals surface area contributed by atoms with Crippen molar-refractivity contribution in [2.75, 3.05) is 26.0 Å². The molecule has 0 aliphatic rings. The Kier molecular flexibility index (Phi) is 6.11. The monoisotopic (exact) mass is 341 g/mol. The first-order chi connectivity index (χ1) is 12.0. The molecule has 3 N–H and O–H groups in total. The first-order valence-electron chi connectivity index (χ1n) is 7.57. The Bertz CT molecular complexity index is 772. The van der Waals surface area contributed by atoms with Crippen molar-refractivity contribution < 1.29 is 19.1 Å². The topological polar surface area (TPSA) is 96.5 Å². The molecule has 0 unspecified atom stereocenters. The minimum Gasteiger partial charge on any atom is -0.497 e. The second kappa shape index (κ2) is 8.49. The third kappa shape index (κ3) is 5.07. The van der Waals surface area contributed by atoms with Crippen LogP contribution in [0.5, 0.6) is 5.75 Å². The van der Waals surface area contributed by atoms with Gasteiger partial charge in [-0.25, -0.2) is 0 Å². The van der Waals surface area contributed by atoms with Crippen molar-refractivity contribution in [2.24, 2.45) is 0 Å². The highest BCUT2D eigenvalue weighted by atomic mass is 16.5. The number of carbonyl (C=O) groups is 3. The van der Waals surface area contributed by atoms with Crippen molar-refractivity contribution >= 4 is 23.4 Å². The van der Waals surface area contributed by atoms with Crippen LogP contribution in [0.1, 0.15) is 20.7 Å². The van der Waals surface area contributed by atoms with Crippen LogP contribution in [0.2, 0.25) is 0 Å². The van der Waals surface area contributed by atoms with Gasteiger partial charge < -0.3 is 20.7 Å². The van der Waals surface area contributed by atoms with Crippen LogP contribution in [0.4, 0.5) is 5.69 Å². The number of benzene rings is 2. The largest absolute Gasteiger partial charge is 0.497 e. The number of rotatable bonds is 6. The van der Waals surface area contributed by atoms with Gasteiger partial charge in [0.25, 0.3) is 11.8 Å². The molecule has 3 amide bonds. The van der Waals surface area contributed by atoms with E-state index in [1.54, 1.807) is 55.6 Å². The summed E-state index contributed by atoms with van der Waals surface area (Å²) in [7, 11) is 3.06. The molecule has 7 nitrogen and oxygen atoms in total. The standard InChI is InChI=1S/C18H19N3O4/c1-19-17(23)12-6-8-14(9-7-12)21-16(22)11-20-18(24)13-4-3-5-15(10-13)25-2/h3-10H,11H2,1-2H3,(H,19,23)(H,20,24)(H,21,22). The van der Waals surface area contributed by atoms with Crippen LogP contribution in [-0.2, 0) is 4.79 Å². The second-order valence-electron chi connectivity index (χ2n) is 5.12. The van der Waals surface area contributed by atoms with E-state index in [-0.39, 0.29) is 24.3 Å². The van der Waals surface area contributed by atoms with E-state index in [0.717, 1.165) is 0 Å². The predicted molar refractivity (Wildman–Crippen MR) is 93.8 cm³/mol. The van der Waals surface area contributed by atoms with Crippen molar-refractivity contribution in [3.63, 3.8) is 0 Å². The van der Waals surface area contributed by atoms with Gasteiger partial charge in [-0.15, -0.1) is 0 Å². The molecular formula is C18H19N3O4. The third-order valence-electron chi connectivity index (χ3n) is 3.40. The molecule has 0 heterocycles. The van der Waals surface area contributed by atoms with Gasteiger partial charge in [-0.1, -0.05) is 6.07 Å². The molecular weight excluding hydrogens is 322 g/mol. The maximum Gasteiger partial charge on any atom is 0.251 e. The van der Waals surface area contributed by atoms with Crippen LogP contribution >= 0.6 is 0 Å². The summed E-state index contributed by atoms with van der Waals surface area (Å²) >= 11 is 0. The lowest BCUT2D eigenvalue weighted by atomic mass is 10.2. The maximum atomic E-state index is 12.0. The van der Waals surface area contributed by atoms with Gasteiger partial charge in [-0.05, 0) is 42.5 Å². The Hall–Kier alpha value is -3.35. The molecule has 0 fully saturated rings. The van der Waals surface area contributed by atoms with E-state index in [9.17, 15) is 14.4 Å². The molecule has 130 valence electrons. The van der Waals surface area contributed by atoms with E-state index >= 15 is 0 Å². The molecule has 0 spiro atoms. The minimum atomic E-state index is -0.371. The zero-order valence-electron chi connectivity index (χ0n) is 14.0. The summed E-state index contributed by atoms with van der Waals surface area (Å²) in [6.07, 6.45) is 0. The number of carbonyl (C=O) groups excluding carboxylic acids is 3. The average molecular weight is 341 g/mol. The fourth-order valence-corrected chi connectivity index (χ4v) is 2.08. The van der Waals surface area contributed by atoms with Gasteiger partial charge in [-0.2, -0.15) is 0 Å². The molecule has 2 aromatic carbocycles. The van der Waals surface area contributed by atoms with Gasteiger partial charge in [0, 0.05) is 23.9 Å². The first kappa shape index (κ1) is 18.0. The van der Waals surface area contributed by atoms with E-state index in [1.165, 1.54) is 7.11 Å². The second-order valence-corrected chi connectivity index (χ2v) is 5.12. The summed E-state index contributed by atoms with van der Waals surface area (Å²) in [5, 5.41) is 7.70. The summed E-state index contributed by atoms with van der Waals surface area (Å²) in [6, 6.07) is 13.1. The molecule has 0 radical (unpaired) electrons. The molecule has 7 heteroatoms. The predicted octanol–water partition coefficient (Wildman–Crippen LogP) is 1.42. The van der Waals surface area contributed by atoms with Crippen LogP contribution in [0.25, 0.3) is 0 Å². The molecule has 0 aliphatic carbocycles. The molecule has 0 bridgehead atoms. The van der Waals surface area contributed by atoms with Gasteiger partial charge in [0.15, 0.2) is 0 Å². The minimum absolute atomic E-state index is 0.173. The number of ether oxygens (including phenoxy) is 1. The van der Waals surface area contributed by atoms with Gasteiger partial charge in [0.1, 0.15) is 5.75 Å². The molecule has 0 saturated heterocycles. The van der Waals surface area contributed by atoms with Gasteiger partial charge in [0.05, 0.1) is 13.7 Å². The molecule has 0 aliphatic heterocycles. The van der Waals surface area contributed by atoms with Crippen LogP contribution in [-0.4, -0.2) is 38.4 Å². The fraction of sp³-hybridized carbons (Fsp3) is 0.167. The van der Waals surface area contributed by atoms with Crippen LogP contribution in [0, 0.1) is 0 Å². The van der Waals surface area contributed by atoms with Crippen molar-refractivity contribution in [1.29, 1.82) is 0 Å². The summed E-state index contributed by atoms with van der Waals surface area (Å²) in [6.45, 7) is -0.173. The van der Waals surface area contributed by atoms with Crippen molar-refractivity contribution in [1.82, 2.24) is 10.6 Å². The molecule has 0 saturated carbocycles. The average Bonchev–Trinajstić information content (AvgIpc) is 2.66. The van der Waals surface area contributed by atoms with Crippen molar-refractivity contribution in [3.05, 3.63) is 59.7 Å². The van der Waals surface area contributed by atoms with Gasteiger partial charge >= 0.3 is 0 Å². The van der Waals surface area contributed by atoms with Crippen LogP contribution in [0.15, 0.2) is 48.5 Å². The molecule has 25 heavy (non-hydrogen) atoms. The molecule has 0 atom stereocenters. The number of methoxy groups -OCH3 is 1. The van der Waals surface area contributed by atoms with E-state index in [4.69, 9.17) is 4.74 Å². The van der Waals surface area contributed by atoms with Gasteiger partial charge in [0.2, 0.25) is 5.91 Å². The van der Waals surface area contributed by atoms with Crippen LogP contribution in [0.3, 0.4) is 0 Å². The Morgan fingerprint density at radius 2 is 1.68 bits per heavy atom. The lowest BCUT2D eigenvalue weighted by Crippen LogP contribution is -2.32. The molecule has 0 aromatic heterocycles. The van der Waals surface area contributed by atoms with Crippen molar-refractivity contribution in [2.45, 2.75) is 0 Å². The fourth-order valence-electron chi connectivity index (χ4n) is 2.08. The number of hydrogen-bond donors (Lipinski definition) is 3. The summed E-state index contributed by atoms with van der Waals surface area (Å²) in [5.74, 6) is -0.385.